The molecule has 0 saturated carbocycles. The van der Waals surface area contributed by atoms with E-state index in [0.717, 1.165) is 128 Å². The molecule has 0 aliphatic rings. The first-order valence-electron chi connectivity index (χ1n) is 39.4. The van der Waals surface area contributed by atoms with Gasteiger partial charge in [0.05, 0.1) is 6.61 Å². The lowest BCUT2D eigenvalue weighted by Crippen LogP contribution is -2.28. The number of hydrogen-bond acceptors (Lipinski definition) is 5. The summed E-state index contributed by atoms with van der Waals surface area (Å²) in [4.78, 5) is 24.7. The molecule has 0 saturated heterocycles. The van der Waals surface area contributed by atoms with E-state index in [0.29, 0.717) is 12.8 Å². The van der Waals surface area contributed by atoms with Crippen molar-refractivity contribution in [3.8, 4) is 0 Å². The van der Waals surface area contributed by atoms with Gasteiger partial charge in [-0.2, -0.15) is 0 Å². The van der Waals surface area contributed by atoms with Crippen molar-refractivity contribution in [2.24, 2.45) is 0 Å². The van der Waals surface area contributed by atoms with E-state index < -0.39 is 6.10 Å². The van der Waals surface area contributed by atoms with Crippen molar-refractivity contribution in [1.82, 2.24) is 0 Å². The number of aliphatic hydroxyl groups is 1. The molecule has 0 heterocycles. The lowest BCUT2D eigenvalue weighted by atomic mass is 10.0. The highest BCUT2D eigenvalue weighted by molar-refractivity contribution is 5.70. The number of hydrogen-bond donors (Lipinski definition) is 1. The first-order chi connectivity index (χ1) is 45.6. The van der Waals surface area contributed by atoms with Gasteiger partial charge < -0.3 is 14.6 Å². The fourth-order valence-electron chi connectivity index (χ4n) is 11.3. The second-order valence-electron chi connectivity index (χ2n) is 26.1. The highest BCUT2D eigenvalue weighted by atomic mass is 16.6. The zero-order chi connectivity index (χ0) is 66.1. The summed E-state index contributed by atoms with van der Waals surface area (Å²) < 4.78 is 10.8. The van der Waals surface area contributed by atoms with Crippen LogP contribution in [0.2, 0.25) is 0 Å². The predicted octanol–water partition coefficient (Wildman–Crippen LogP) is 28.0. The molecule has 526 valence electrons. The van der Waals surface area contributed by atoms with Gasteiger partial charge in [-0.15, -0.1) is 0 Å². The van der Waals surface area contributed by atoms with Gasteiger partial charge in [0.15, 0.2) is 6.10 Å². The molecule has 0 aliphatic carbocycles. The second kappa shape index (κ2) is 81.0. The SMILES string of the molecule is CC/C=C\C/C=C\C/C=C\C/C=C\C/C=C\C/C=C\C/C=C\C/C=C\C/C=C\C/C=C\C/C=C\C/C=C\CCCCCCC(=O)OC(CO)COC(=O)CCCCCCCCCCCCCCCCCCCCCCCCCCCCCCCCCCCCCCC. The van der Waals surface area contributed by atoms with E-state index in [4.69, 9.17) is 9.47 Å². The number of ether oxygens (including phenoxy) is 2. The number of allylic oxidation sites excluding steroid dienone is 24. The van der Waals surface area contributed by atoms with Crippen LogP contribution >= 0.6 is 0 Å². The van der Waals surface area contributed by atoms with Crippen molar-refractivity contribution < 1.29 is 24.2 Å². The average molecular weight is 1270 g/mol. The Morgan fingerprint density at radius 2 is 0.467 bits per heavy atom. The van der Waals surface area contributed by atoms with Crippen molar-refractivity contribution in [3.05, 3.63) is 146 Å². The zero-order valence-corrected chi connectivity index (χ0v) is 60.5. The third kappa shape index (κ3) is 78.2. The van der Waals surface area contributed by atoms with Gasteiger partial charge in [-0.25, -0.2) is 0 Å². The van der Waals surface area contributed by atoms with Gasteiger partial charge in [0, 0.05) is 12.8 Å². The van der Waals surface area contributed by atoms with Gasteiger partial charge in [-0.3, -0.25) is 9.59 Å². The Morgan fingerprint density at radius 3 is 0.707 bits per heavy atom. The normalized spacial score (nSPS) is 13.0. The van der Waals surface area contributed by atoms with Crippen LogP contribution in [0.1, 0.15) is 373 Å². The highest BCUT2D eigenvalue weighted by Crippen LogP contribution is 2.19. The molecule has 5 nitrogen and oxygen atoms in total. The molecule has 0 fully saturated rings. The largest absolute Gasteiger partial charge is 0.462 e. The van der Waals surface area contributed by atoms with Crippen LogP contribution in [0.5, 0.6) is 0 Å². The van der Waals surface area contributed by atoms with E-state index >= 15 is 0 Å². The molecule has 0 amide bonds. The van der Waals surface area contributed by atoms with E-state index in [1.807, 2.05) is 0 Å². The maximum absolute atomic E-state index is 12.4. The standard InChI is InChI=1S/C87H148O5/c1-3-5-7-9-11-13-15-17-19-21-23-25-27-29-31-33-35-37-39-41-42-43-44-46-48-50-52-54-56-58-60-62-64-66-68-70-72-74-76-78-80-82-87(90)92-85(83-88)84-91-86(89)81-79-77-75-73-71-69-67-65-63-61-59-57-55-53-51-49-47-45-40-38-36-34-32-30-28-26-24-22-20-18-16-14-12-10-8-6-4-2/h5,7,11,13,17,19,23,25,29,31,35,37,41-42,44,46,50,52,56,58,62,64,68,70,85,88H,3-4,6,8-10,12,14-16,18,20-22,24,26-28,30,32-34,36,38-40,43,45,47-49,51,53-55,57,59-61,63,65-67,69,71-84H2,1-2H3/b7-5-,13-11-,19-17-,25-23-,31-29-,37-35-,42-41-,46-44-,52-50-,58-56-,64-62-,70-68-. The summed E-state index contributed by atoms with van der Waals surface area (Å²) in [6.45, 7) is 4.04. The Bertz CT molecular complexity index is 1880. The first-order valence-corrected chi connectivity index (χ1v) is 39.4. The zero-order valence-electron chi connectivity index (χ0n) is 60.5. The number of esters is 2. The number of rotatable bonds is 72. The molecule has 0 radical (unpaired) electrons. The second-order valence-corrected chi connectivity index (χ2v) is 26.1. The molecule has 0 aliphatic heterocycles. The maximum Gasteiger partial charge on any atom is 0.306 e. The van der Waals surface area contributed by atoms with E-state index in [9.17, 15) is 14.7 Å². The van der Waals surface area contributed by atoms with E-state index in [2.05, 4.69) is 160 Å². The molecule has 0 rings (SSSR count). The lowest BCUT2D eigenvalue weighted by Gasteiger charge is -2.15. The Labute approximate surface area is 571 Å². The van der Waals surface area contributed by atoms with Gasteiger partial charge in [0.25, 0.3) is 0 Å². The molecule has 1 N–H and O–H groups in total. The molecule has 1 unspecified atom stereocenters. The van der Waals surface area contributed by atoms with E-state index in [1.54, 1.807) is 0 Å². The number of unbranched alkanes of at least 4 members (excludes halogenated alkanes) is 40. The van der Waals surface area contributed by atoms with Gasteiger partial charge >= 0.3 is 11.9 Å². The fraction of sp³-hybridized carbons (Fsp3) is 0.701. The van der Waals surface area contributed by atoms with Crippen LogP contribution < -0.4 is 0 Å². The molecule has 1 atom stereocenters. The highest BCUT2D eigenvalue weighted by Gasteiger charge is 2.16. The van der Waals surface area contributed by atoms with Crippen LogP contribution in [-0.2, 0) is 19.1 Å². The number of aliphatic hydroxyl groups excluding tert-OH is 1. The van der Waals surface area contributed by atoms with Crippen molar-refractivity contribution in [2.45, 2.75) is 380 Å². The lowest BCUT2D eigenvalue weighted by molar-refractivity contribution is -0.161. The molecule has 0 spiro atoms. The maximum atomic E-state index is 12.4. The molecule has 92 heavy (non-hydrogen) atoms. The third-order valence-corrected chi connectivity index (χ3v) is 17.1. The van der Waals surface area contributed by atoms with Gasteiger partial charge in [-0.1, -0.05) is 404 Å². The minimum absolute atomic E-state index is 0.0809. The van der Waals surface area contributed by atoms with Crippen LogP contribution in [-0.4, -0.2) is 36.4 Å². The summed E-state index contributed by atoms with van der Waals surface area (Å²) >= 11 is 0. The van der Waals surface area contributed by atoms with Crippen molar-refractivity contribution >= 4 is 11.9 Å². The Hall–Kier alpha value is -4.22. The number of carbonyl (C=O) groups is 2. The van der Waals surface area contributed by atoms with Gasteiger partial charge in [0.1, 0.15) is 6.61 Å². The Balaban J connectivity index is 3.53. The number of carbonyl (C=O) groups excluding carboxylic acids is 2. The van der Waals surface area contributed by atoms with Crippen LogP contribution in [0.3, 0.4) is 0 Å². The molecule has 0 bridgehead atoms. The van der Waals surface area contributed by atoms with E-state index in [-0.39, 0.29) is 25.2 Å². The molecular formula is C87H148O5. The van der Waals surface area contributed by atoms with Crippen molar-refractivity contribution in [1.29, 1.82) is 0 Å². The molecule has 0 aromatic carbocycles. The topological polar surface area (TPSA) is 72.8 Å². The average Bonchev–Trinajstić information content (AvgIpc) is 3.64. The quantitative estimate of drug-likeness (QED) is 0.0373. The smallest absolute Gasteiger partial charge is 0.306 e. The summed E-state index contributed by atoms with van der Waals surface area (Å²) in [5, 5.41) is 9.72. The van der Waals surface area contributed by atoms with Crippen molar-refractivity contribution in [2.75, 3.05) is 13.2 Å². The van der Waals surface area contributed by atoms with Gasteiger partial charge in [-0.05, 0) is 103 Å². The summed E-state index contributed by atoms with van der Waals surface area (Å²) in [7, 11) is 0. The predicted molar refractivity (Wildman–Crippen MR) is 408 cm³/mol. The minimum atomic E-state index is -0.796. The van der Waals surface area contributed by atoms with Crippen LogP contribution in [0.15, 0.2) is 146 Å². The Kier molecular flexibility index (Phi) is 77.3. The summed E-state index contributed by atoms with van der Waals surface area (Å²) in [6.07, 6.45) is 122. The minimum Gasteiger partial charge on any atom is -0.462 e. The van der Waals surface area contributed by atoms with Gasteiger partial charge in [0.2, 0.25) is 0 Å². The Morgan fingerprint density at radius 1 is 0.261 bits per heavy atom. The van der Waals surface area contributed by atoms with E-state index in [1.165, 1.54) is 218 Å². The van der Waals surface area contributed by atoms with Crippen LogP contribution in [0, 0.1) is 0 Å². The molecular weight excluding hydrogens is 1120 g/mol. The van der Waals surface area contributed by atoms with Crippen molar-refractivity contribution in [3.63, 3.8) is 0 Å². The van der Waals surface area contributed by atoms with Crippen LogP contribution in [0.4, 0.5) is 0 Å². The third-order valence-electron chi connectivity index (χ3n) is 17.1. The summed E-state index contributed by atoms with van der Waals surface area (Å²) in [6, 6.07) is 0. The monoisotopic (exact) mass is 1270 g/mol. The first kappa shape index (κ1) is 87.8. The summed E-state index contributed by atoms with van der Waals surface area (Å²) in [5.41, 5.74) is 0. The molecule has 0 aromatic heterocycles. The fourth-order valence-corrected chi connectivity index (χ4v) is 11.3. The summed E-state index contributed by atoms with van der Waals surface area (Å²) in [5.74, 6) is -0.614. The van der Waals surface area contributed by atoms with Crippen LogP contribution in [0.25, 0.3) is 0 Å². The molecule has 5 heteroatoms. The molecule has 0 aromatic rings.